The van der Waals surface area contributed by atoms with E-state index >= 15 is 0 Å². The highest BCUT2D eigenvalue weighted by Crippen LogP contribution is 2.26. The normalized spacial score (nSPS) is 22.0. The van der Waals surface area contributed by atoms with Gasteiger partial charge in [0, 0.05) is 31.1 Å². The van der Waals surface area contributed by atoms with Crippen molar-refractivity contribution in [1.82, 2.24) is 15.5 Å². The predicted molar refractivity (Wildman–Crippen MR) is 85.0 cm³/mol. The van der Waals surface area contributed by atoms with Crippen LogP contribution in [0.25, 0.3) is 0 Å². The van der Waals surface area contributed by atoms with Gasteiger partial charge >= 0.3 is 6.09 Å². The van der Waals surface area contributed by atoms with Crippen molar-refractivity contribution in [1.29, 1.82) is 0 Å². The molecule has 7 nitrogen and oxygen atoms in total. The number of carbonyl (C=O) groups excluding carboxylic acids is 1. The van der Waals surface area contributed by atoms with Crippen molar-refractivity contribution in [2.45, 2.75) is 32.7 Å². The second-order valence-corrected chi connectivity index (χ2v) is 6.37. The summed E-state index contributed by atoms with van der Waals surface area (Å²) in [5.41, 5.74) is 0.177. The molecule has 0 unspecified atom stereocenters. The zero-order valence-corrected chi connectivity index (χ0v) is 13.9. The summed E-state index contributed by atoms with van der Waals surface area (Å²) in [6.45, 7) is 8.86. The van der Waals surface area contributed by atoms with Crippen LogP contribution in [0.4, 0.5) is 4.79 Å². The third kappa shape index (κ3) is 4.50. The Balaban J connectivity index is 1.81. The number of piperidine rings is 1. The molecular formula is C15H28N4O3. The van der Waals surface area contributed by atoms with Crippen LogP contribution in [0.1, 0.15) is 26.7 Å². The Labute approximate surface area is 132 Å². The molecule has 0 aromatic carbocycles. The number of nitrogens with zero attached hydrogens (tertiary/aromatic N) is 2. The molecule has 0 bridgehead atoms. The summed E-state index contributed by atoms with van der Waals surface area (Å²) >= 11 is 0. The van der Waals surface area contributed by atoms with E-state index < -0.39 is 0 Å². The Morgan fingerprint density at radius 1 is 1.41 bits per heavy atom. The smallest absolute Gasteiger partial charge is 0.409 e. The van der Waals surface area contributed by atoms with Crippen LogP contribution in [0.15, 0.2) is 4.99 Å². The highest BCUT2D eigenvalue weighted by Gasteiger charge is 2.33. The van der Waals surface area contributed by atoms with Crippen LogP contribution in [0, 0.1) is 5.41 Å². The topological polar surface area (TPSA) is 75.2 Å². The van der Waals surface area contributed by atoms with Gasteiger partial charge in [-0.3, -0.25) is 4.99 Å². The summed E-state index contributed by atoms with van der Waals surface area (Å²) in [5.74, 6) is 0.854. The highest BCUT2D eigenvalue weighted by molar-refractivity contribution is 5.80. The summed E-state index contributed by atoms with van der Waals surface area (Å²) < 4.78 is 10.0. The minimum atomic E-state index is -0.239. The van der Waals surface area contributed by atoms with Crippen LogP contribution in [0.2, 0.25) is 0 Å². The number of likely N-dealkylation sites (tertiary alicyclic amines) is 1. The fraction of sp³-hybridized carbons (Fsp3) is 0.867. The predicted octanol–water partition coefficient (Wildman–Crippen LogP) is 0.809. The standard InChI is InChI=1S/C15H28N4O3/c1-4-16-13(17-9-15(2)10-22-11-15)18-12-5-7-19(8-6-12)14(20)21-3/h12H,4-11H2,1-3H3,(H2,16,17,18). The van der Waals surface area contributed by atoms with Crippen LogP contribution in [0.3, 0.4) is 0 Å². The molecule has 0 spiro atoms. The first-order chi connectivity index (χ1) is 10.6. The van der Waals surface area contributed by atoms with Crippen molar-refractivity contribution in [3.63, 3.8) is 0 Å². The van der Waals surface area contributed by atoms with E-state index in [-0.39, 0.29) is 11.5 Å². The largest absolute Gasteiger partial charge is 0.453 e. The minimum Gasteiger partial charge on any atom is -0.453 e. The van der Waals surface area contributed by atoms with Gasteiger partial charge in [-0.2, -0.15) is 0 Å². The van der Waals surface area contributed by atoms with Gasteiger partial charge in [0.2, 0.25) is 0 Å². The molecule has 126 valence electrons. The fourth-order valence-electron chi connectivity index (χ4n) is 2.66. The van der Waals surface area contributed by atoms with Gasteiger partial charge in [-0.05, 0) is 19.8 Å². The third-order valence-electron chi connectivity index (χ3n) is 4.13. The molecule has 0 saturated carbocycles. The number of hydrogen-bond donors (Lipinski definition) is 2. The van der Waals surface area contributed by atoms with E-state index in [1.54, 1.807) is 4.90 Å². The number of guanidine groups is 1. The first kappa shape index (κ1) is 16.9. The van der Waals surface area contributed by atoms with Gasteiger partial charge in [-0.25, -0.2) is 4.79 Å². The van der Waals surface area contributed by atoms with Crippen molar-refractivity contribution in [3.05, 3.63) is 0 Å². The number of aliphatic imine (C=N–C) groups is 1. The van der Waals surface area contributed by atoms with Crippen molar-refractivity contribution in [2.75, 3.05) is 46.5 Å². The first-order valence-corrected chi connectivity index (χ1v) is 8.02. The average Bonchev–Trinajstić information content (AvgIpc) is 2.51. The Morgan fingerprint density at radius 3 is 2.59 bits per heavy atom. The van der Waals surface area contributed by atoms with Crippen molar-refractivity contribution in [3.8, 4) is 0 Å². The Kier molecular flexibility index (Phi) is 5.88. The maximum Gasteiger partial charge on any atom is 0.409 e. The van der Waals surface area contributed by atoms with Gasteiger partial charge in [0.05, 0.1) is 26.9 Å². The first-order valence-electron chi connectivity index (χ1n) is 8.02. The lowest BCUT2D eigenvalue weighted by Crippen LogP contribution is -2.50. The number of hydrogen-bond acceptors (Lipinski definition) is 4. The lowest BCUT2D eigenvalue weighted by molar-refractivity contribution is -0.0945. The number of amides is 1. The molecule has 22 heavy (non-hydrogen) atoms. The third-order valence-corrected chi connectivity index (χ3v) is 4.13. The van der Waals surface area contributed by atoms with Crippen molar-refractivity contribution < 1.29 is 14.3 Å². The number of methoxy groups -OCH3 is 1. The van der Waals surface area contributed by atoms with Crippen LogP contribution < -0.4 is 10.6 Å². The van der Waals surface area contributed by atoms with Gasteiger partial charge < -0.3 is 25.0 Å². The van der Waals surface area contributed by atoms with Gasteiger partial charge in [-0.15, -0.1) is 0 Å². The monoisotopic (exact) mass is 312 g/mol. The SMILES string of the molecule is CCNC(=NCC1(C)COC1)NC1CCN(C(=O)OC)CC1. The van der Waals surface area contributed by atoms with Crippen LogP contribution in [-0.2, 0) is 9.47 Å². The molecule has 2 saturated heterocycles. The van der Waals surface area contributed by atoms with Crippen molar-refractivity contribution >= 4 is 12.1 Å². The molecule has 7 heteroatoms. The molecular weight excluding hydrogens is 284 g/mol. The summed E-state index contributed by atoms with van der Waals surface area (Å²) in [7, 11) is 1.42. The molecule has 0 atom stereocenters. The van der Waals surface area contributed by atoms with E-state index in [4.69, 9.17) is 9.47 Å². The van der Waals surface area contributed by atoms with E-state index in [0.29, 0.717) is 6.04 Å². The molecule has 2 heterocycles. The van der Waals surface area contributed by atoms with Gasteiger partial charge in [0.15, 0.2) is 5.96 Å². The lowest BCUT2D eigenvalue weighted by Gasteiger charge is -2.37. The Morgan fingerprint density at radius 2 is 2.09 bits per heavy atom. The van der Waals surface area contributed by atoms with E-state index in [9.17, 15) is 4.79 Å². The number of nitrogens with one attached hydrogen (secondary N) is 2. The maximum atomic E-state index is 11.5. The van der Waals surface area contributed by atoms with E-state index in [1.807, 2.05) is 0 Å². The van der Waals surface area contributed by atoms with E-state index in [1.165, 1.54) is 7.11 Å². The maximum absolute atomic E-state index is 11.5. The molecule has 2 aliphatic rings. The number of ether oxygens (including phenoxy) is 2. The summed E-state index contributed by atoms with van der Waals surface area (Å²) in [6, 6.07) is 0.337. The van der Waals surface area contributed by atoms with Gasteiger partial charge in [0.1, 0.15) is 0 Å². The molecule has 2 rings (SSSR count). The summed E-state index contributed by atoms with van der Waals surface area (Å²) in [5, 5.41) is 6.76. The molecule has 0 aliphatic carbocycles. The quantitative estimate of drug-likeness (QED) is 0.593. The molecule has 2 N–H and O–H groups in total. The molecule has 2 aliphatic heterocycles. The zero-order valence-electron chi connectivity index (χ0n) is 13.9. The van der Waals surface area contributed by atoms with E-state index in [2.05, 4.69) is 29.5 Å². The minimum absolute atomic E-state index is 0.177. The van der Waals surface area contributed by atoms with Crippen molar-refractivity contribution in [2.24, 2.45) is 10.4 Å². The second-order valence-electron chi connectivity index (χ2n) is 6.37. The Bertz CT molecular complexity index is 402. The van der Waals surface area contributed by atoms with Crippen LogP contribution in [0.5, 0.6) is 0 Å². The lowest BCUT2D eigenvalue weighted by atomic mass is 9.89. The molecule has 1 amide bonds. The molecule has 0 aromatic heterocycles. The number of rotatable bonds is 4. The fourth-order valence-corrected chi connectivity index (χ4v) is 2.66. The number of carbonyl (C=O) groups is 1. The molecule has 0 aromatic rings. The van der Waals surface area contributed by atoms with Crippen LogP contribution >= 0.6 is 0 Å². The Hall–Kier alpha value is -1.50. The van der Waals surface area contributed by atoms with Crippen LogP contribution in [-0.4, -0.2) is 69.5 Å². The molecule has 0 radical (unpaired) electrons. The van der Waals surface area contributed by atoms with Gasteiger partial charge in [-0.1, -0.05) is 6.92 Å². The van der Waals surface area contributed by atoms with Gasteiger partial charge in [0.25, 0.3) is 0 Å². The van der Waals surface area contributed by atoms with E-state index in [0.717, 1.165) is 58.2 Å². The second kappa shape index (κ2) is 7.67. The summed E-state index contributed by atoms with van der Waals surface area (Å²) in [4.78, 5) is 17.9. The average molecular weight is 312 g/mol. The zero-order chi connectivity index (χ0) is 16.0. The molecule has 2 fully saturated rings. The highest BCUT2D eigenvalue weighted by atomic mass is 16.5. The summed E-state index contributed by atoms with van der Waals surface area (Å²) in [6.07, 6.45) is 1.57.